The number of alkyl carbamates (subject to hydrolysis) is 4. The number of esters is 4. The van der Waals surface area contributed by atoms with Crippen molar-refractivity contribution in [1.82, 2.24) is 21.3 Å². The van der Waals surface area contributed by atoms with Gasteiger partial charge >= 0.3 is 106 Å². The summed E-state index contributed by atoms with van der Waals surface area (Å²) in [5.41, 5.74) is -1.98. The van der Waals surface area contributed by atoms with Crippen molar-refractivity contribution in [2.24, 2.45) is 5.92 Å². The summed E-state index contributed by atoms with van der Waals surface area (Å²) in [7, 11) is 6.31. The predicted molar refractivity (Wildman–Crippen MR) is 344 cm³/mol. The number of amides is 4. The van der Waals surface area contributed by atoms with E-state index in [1.165, 1.54) is 14.2 Å². The zero-order valence-electron chi connectivity index (χ0n) is 62.4. The minimum Gasteiger partial charge on any atom is -0.850 e. The summed E-state index contributed by atoms with van der Waals surface area (Å²) in [6, 6.07) is 3.48. The number of hydrogen-bond acceptors (Lipinski definition) is 26. The van der Waals surface area contributed by atoms with Gasteiger partial charge in [0.05, 0.1) is 82.4 Å². The van der Waals surface area contributed by atoms with Crippen LogP contribution in [0.1, 0.15) is 175 Å². The van der Waals surface area contributed by atoms with Gasteiger partial charge in [0.25, 0.3) is 0 Å². The zero-order chi connectivity index (χ0) is 75.6. The number of aliphatic hydroxyl groups excluding tert-OH is 3. The van der Waals surface area contributed by atoms with Crippen molar-refractivity contribution in [1.29, 1.82) is 0 Å². The fourth-order valence-electron chi connectivity index (χ4n) is 6.33. The second-order valence-electron chi connectivity index (χ2n) is 27.7. The molecule has 554 valence electrons. The number of carbonyl (C=O) groups is 9. The van der Waals surface area contributed by atoms with Crippen LogP contribution in [0.5, 0.6) is 0 Å². The number of carboxylic acid groups (broad SMARTS) is 1. The number of carboxylic acids is 1. The summed E-state index contributed by atoms with van der Waals surface area (Å²) in [4.78, 5) is 105. The van der Waals surface area contributed by atoms with E-state index in [0.717, 1.165) is 19.8 Å². The second-order valence-corrected chi connectivity index (χ2v) is 27.7. The molecule has 0 unspecified atom stereocenters. The van der Waals surface area contributed by atoms with Gasteiger partial charge in [-0.2, -0.15) is 0 Å². The number of aliphatic hydroxyl groups is 3. The standard InChI is InChI=1S/C19H27NO6.C13H23NO6.C12H21NO6.C10H19NO6.C5H12O.C4H9O.CH4O.K/c1-12-7-9-14(10-8-12)17(22)25-11-15(13(2)16(21)24-6)20-18(23)26-19(3,4)5;1-12(2,3)20-11(16)14-8-7-18-13(4,5)19-9(8)10(15)17-6;1-11(2,3)19-10(16)13-7-6-17-12(4,5)18-8(7)9(14)15;1-10(2,3)17-9(15)11-6(5-12)7(13)8(14)16-4;1-5(2,3)6-4;1-4(2,3)5;1-2;/h7-10,13,15H,11H2,1-6H3,(H,20,23);8-9H,7H2,1-6H3,(H,14,16);7-8H,6H2,1-5H3,(H,13,16)(H,14,15);6-7,12-13H,5H2,1-4H3,(H,11,15);1-4H3;1-3H3;2H,1H3;/q;;;;;-1;;+1/t13-,15+;8-,9+;7-,8+;6-,7+;;;;/m0111..../s1. The van der Waals surface area contributed by atoms with Crippen LogP contribution >= 0.6 is 0 Å². The summed E-state index contributed by atoms with van der Waals surface area (Å²) in [5.74, 6) is -6.37. The molecule has 0 saturated carbocycles. The van der Waals surface area contributed by atoms with Crippen LogP contribution in [0.15, 0.2) is 24.3 Å². The Morgan fingerprint density at radius 2 is 0.906 bits per heavy atom. The first-order valence-corrected chi connectivity index (χ1v) is 30.2. The van der Waals surface area contributed by atoms with Gasteiger partial charge in [0.1, 0.15) is 29.0 Å². The van der Waals surface area contributed by atoms with Gasteiger partial charge in [0.15, 0.2) is 29.9 Å². The molecule has 0 spiro atoms. The molecular formula is C64H115KN4O27. The van der Waals surface area contributed by atoms with E-state index >= 15 is 0 Å². The van der Waals surface area contributed by atoms with Crippen LogP contribution in [-0.4, -0.2) is 224 Å². The number of hydrogen-bond donors (Lipinski definition) is 8. The molecule has 0 aromatic heterocycles. The van der Waals surface area contributed by atoms with Crippen LogP contribution in [0.2, 0.25) is 0 Å². The molecule has 2 saturated heterocycles. The third-order valence-electron chi connectivity index (χ3n) is 10.7. The molecule has 3 rings (SSSR count). The number of ether oxygens (including phenoxy) is 13. The first-order valence-electron chi connectivity index (χ1n) is 30.2. The molecule has 1 aromatic rings. The molecule has 8 atom stereocenters. The van der Waals surface area contributed by atoms with E-state index in [-0.39, 0.29) is 76.8 Å². The van der Waals surface area contributed by atoms with E-state index in [4.69, 9.17) is 67.4 Å². The predicted octanol–water partition coefficient (Wildman–Crippen LogP) is 2.77. The summed E-state index contributed by atoms with van der Waals surface area (Å²) >= 11 is 0. The quantitative estimate of drug-likeness (QED) is 0.0754. The van der Waals surface area contributed by atoms with Crippen LogP contribution in [0.3, 0.4) is 0 Å². The van der Waals surface area contributed by atoms with Crippen LogP contribution < -0.4 is 77.8 Å². The minimum absolute atomic E-state index is 0. The Balaban J connectivity index is -0.000000362. The van der Waals surface area contributed by atoms with E-state index in [0.29, 0.717) is 5.56 Å². The Labute approximate surface area is 610 Å². The number of rotatable bonds is 14. The van der Waals surface area contributed by atoms with E-state index < -0.39 is 149 Å². The van der Waals surface area contributed by atoms with Crippen molar-refractivity contribution in [3.63, 3.8) is 0 Å². The Morgan fingerprint density at radius 1 is 0.573 bits per heavy atom. The average Bonchev–Trinajstić information content (AvgIpc) is 0.879. The number of methoxy groups -OCH3 is 4. The van der Waals surface area contributed by atoms with Gasteiger partial charge in [-0.25, -0.2) is 38.4 Å². The van der Waals surface area contributed by atoms with Gasteiger partial charge in [-0.3, -0.25) is 4.79 Å². The Kier molecular flexibility index (Phi) is 47.3. The van der Waals surface area contributed by atoms with E-state index in [1.54, 1.807) is 170 Å². The number of benzene rings is 1. The maximum Gasteiger partial charge on any atom is 1.00 e. The molecule has 32 heteroatoms. The summed E-state index contributed by atoms with van der Waals surface area (Å²) < 4.78 is 65.7. The summed E-state index contributed by atoms with van der Waals surface area (Å²) in [6.07, 6.45) is -6.62. The van der Waals surface area contributed by atoms with Crippen molar-refractivity contribution in [2.75, 3.05) is 62.0 Å². The number of carbonyl (C=O) groups excluding carboxylic acids is 8. The molecule has 2 aliphatic rings. The van der Waals surface area contributed by atoms with Crippen molar-refractivity contribution in [3.8, 4) is 0 Å². The van der Waals surface area contributed by atoms with Crippen LogP contribution in [-0.2, 0) is 80.8 Å². The Hall–Kier alpha value is -5.07. The normalized spacial score (nSPS) is 18.3. The number of nitrogens with one attached hydrogen (secondary N) is 4. The maximum absolute atomic E-state index is 12.2. The first kappa shape index (κ1) is 99.6. The molecule has 2 fully saturated rings. The fraction of sp³-hybridized carbons (Fsp3) is 0.766. The van der Waals surface area contributed by atoms with E-state index in [9.17, 15) is 53.4 Å². The second kappa shape index (κ2) is 45.6. The zero-order valence-corrected chi connectivity index (χ0v) is 65.6. The van der Waals surface area contributed by atoms with Gasteiger partial charge in [0, 0.05) is 14.2 Å². The SMILES string of the molecule is CC(C)(C)OC(=O)N[C@@H]1COC(C)(C)O[C@@H]1C(=O)O.CC(C)(C)[O-].CO.COC(=O)[C@@H](C)[C@@H](COC(=O)c1ccc(C)cc1)NC(=O)OC(C)(C)C.COC(=O)[C@@H](O)[C@@H](CO)NC(=O)OC(C)(C)C.COC(=O)[C@H]1OC(C)(C)OC[C@H]1NC(=O)OC(C)(C)C.COC(C)(C)C.[K+]. The Morgan fingerprint density at radius 3 is 1.22 bits per heavy atom. The third kappa shape index (κ3) is 52.1. The Bertz CT molecular complexity index is 2470. The van der Waals surface area contributed by atoms with E-state index in [1.807, 2.05) is 27.7 Å². The molecule has 0 bridgehead atoms. The summed E-state index contributed by atoms with van der Waals surface area (Å²) in [6.45, 7) is 41.0. The largest absolute Gasteiger partial charge is 1.00 e. The van der Waals surface area contributed by atoms with Crippen LogP contribution in [0, 0.1) is 12.8 Å². The van der Waals surface area contributed by atoms with Crippen LogP contribution in [0.4, 0.5) is 19.2 Å². The molecule has 2 aliphatic heterocycles. The van der Waals surface area contributed by atoms with Crippen molar-refractivity contribution in [3.05, 3.63) is 35.4 Å². The van der Waals surface area contributed by atoms with Gasteiger partial charge in [-0.1, -0.05) is 38.5 Å². The fourth-order valence-corrected chi connectivity index (χ4v) is 6.33. The van der Waals surface area contributed by atoms with Gasteiger partial charge in [-0.05, 0) is 158 Å². The number of aryl methyl sites for hydroxylation is 1. The maximum atomic E-state index is 12.2. The molecule has 31 nitrogen and oxygen atoms in total. The summed E-state index contributed by atoms with van der Waals surface area (Å²) in [5, 5.41) is 54.3. The molecule has 96 heavy (non-hydrogen) atoms. The van der Waals surface area contributed by atoms with Gasteiger partial charge in [-0.15, -0.1) is 5.60 Å². The minimum atomic E-state index is -1.64. The van der Waals surface area contributed by atoms with E-state index in [2.05, 4.69) is 30.7 Å². The van der Waals surface area contributed by atoms with Crippen LogP contribution in [0.25, 0.3) is 0 Å². The topological polar surface area (TPSA) is 426 Å². The van der Waals surface area contributed by atoms with Gasteiger partial charge < -0.3 is 108 Å². The molecule has 8 N–H and O–H groups in total. The van der Waals surface area contributed by atoms with Gasteiger partial charge in [0.2, 0.25) is 0 Å². The monoisotopic (exact) mass is 1410 g/mol. The molecular weight excluding hydrogens is 1300 g/mol. The van der Waals surface area contributed by atoms with Crippen molar-refractivity contribution in [2.45, 2.75) is 254 Å². The molecule has 4 amide bonds. The average molecular weight is 1410 g/mol. The molecule has 1 aromatic carbocycles. The number of aliphatic carboxylic acids is 1. The molecule has 0 aliphatic carbocycles. The first-order chi connectivity index (χ1) is 42.8. The van der Waals surface area contributed by atoms with Crippen molar-refractivity contribution >= 4 is 54.2 Å². The van der Waals surface area contributed by atoms with Crippen molar-refractivity contribution < 1.29 is 182 Å². The molecule has 0 radical (unpaired) electrons. The molecule has 2 heterocycles. The smallest absolute Gasteiger partial charge is 0.850 e. The third-order valence-corrected chi connectivity index (χ3v) is 10.7.